The van der Waals surface area contributed by atoms with Crippen LogP contribution in [-0.4, -0.2) is 9.97 Å². The van der Waals surface area contributed by atoms with E-state index in [2.05, 4.69) is 47.1 Å². The molecule has 1 heterocycles. The molecule has 0 bridgehead atoms. The fourth-order valence-electron chi connectivity index (χ4n) is 1.49. The molecule has 2 rings (SSSR count). The van der Waals surface area contributed by atoms with Crippen molar-refractivity contribution in [3.8, 4) is 0 Å². The SMILES string of the molecule is CC(C)c1nc(Br)cc(Nc2cc(F)ccc2Br)n1. The van der Waals surface area contributed by atoms with Gasteiger partial charge in [0.1, 0.15) is 22.1 Å². The van der Waals surface area contributed by atoms with E-state index in [4.69, 9.17) is 0 Å². The molecule has 0 spiro atoms. The number of nitrogens with zero attached hydrogens (tertiary/aromatic N) is 2. The van der Waals surface area contributed by atoms with Crippen molar-refractivity contribution in [3.05, 3.63) is 45.0 Å². The van der Waals surface area contributed by atoms with Gasteiger partial charge in [-0.05, 0) is 50.1 Å². The third-order valence-corrected chi connectivity index (χ3v) is 3.52. The van der Waals surface area contributed by atoms with Gasteiger partial charge in [-0.25, -0.2) is 14.4 Å². The predicted octanol–water partition coefficient (Wildman–Crippen LogP) is 5.01. The van der Waals surface area contributed by atoms with E-state index in [-0.39, 0.29) is 11.7 Å². The lowest BCUT2D eigenvalue weighted by molar-refractivity contribution is 0.628. The highest BCUT2D eigenvalue weighted by molar-refractivity contribution is 9.10. The van der Waals surface area contributed by atoms with Crippen molar-refractivity contribution in [1.29, 1.82) is 0 Å². The summed E-state index contributed by atoms with van der Waals surface area (Å²) in [5.41, 5.74) is 0.625. The van der Waals surface area contributed by atoms with Crippen LogP contribution in [0, 0.1) is 5.82 Å². The molecule has 19 heavy (non-hydrogen) atoms. The molecule has 0 aliphatic rings. The molecule has 0 unspecified atom stereocenters. The minimum Gasteiger partial charge on any atom is -0.339 e. The second kappa shape index (κ2) is 5.96. The number of aromatic nitrogens is 2. The lowest BCUT2D eigenvalue weighted by Crippen LogP contribution is -2.02. The summed E-state index contributed by atoms with van der Waals surface area (Å²) in [7, 11) is 0. The molecule has 2 aromatic rings. The highest BCUT2D eigenvalue weighted by atomic mass is 79.9. The zero-order valence-electron chi connectivity index (χ0n) is 10.4. The Labute approximate surface area is 127 Å². The van der Waals surface area contributed by atoms with Gasteiger partial charge in [0.2, 0.25) is 0 Å². The van der Waals surface area contributed by atoms with Gasteiger partial charge < -0.3 is 5.32 Å². The molecular formula is C13H12Br2FN3. The molecule has 0 saturated heterocycles. The van der Waals surface area contributed by atoms with Crippen molar-refractivity contribution in [2.75, 3.05) is 5.32 Å². The topological polar surface area (TPSA) is 37.8 Å². The van der Waals surface area contributed by atoms with Crippen LogP contribution in [0.3, 0.4) is 0 Å². The first-order valence-corrected chi connectivity index (χ1v) is 7.31. The number of anilines is 2. The van der Waals surface area contributed by atoms with Crippen molar-refractivity contribution in [2.45, 2.75) is 19.8 Å². The first-order valence-electron chi connectivity index (χ1n) is 5.72. The summed E-state index contributed by atoms with van der Waals surface area (Å²) in [6, 6.07) is 6.21. The van der Waals surface area contributed by atoms with Gasteiger partial charge in [-0.15, -0.1) is 0 Å². The van der Waals surface area contributed by atoms with Crippen LogP contribution in [0.4, 0.5) is 15.9 Å². The second-order valence-electron chi connectivity index (χ2n) is 4.34. The van der Waals surface area contributed by atoms with Crippen molar-refractivity contribution in [1.82, 2.24) is 9.97 Å². The molecule has 3 nitrogen and oxygen atoms in total. The monoisotopic (exact) mass is 387 g/mol. The third kappa shape index (κ3) is 3.73. The van der Waals surface area contributed by atoms with E-state index in [0.29, 0.717) is 16.1 Å². The zero-order valence-corrected chi connectivity index (χ0v) is 13.6. The van der Waals surface area contributed by atoms with Gasteiger partial charge in [0, 0.05) is 16.5 Å². The van der Waals surface area contributed by atoms with Crippen LogP contribution in [-0.2, 0) is 0 Å². The first kappa shape index (κ1) is 14.4. The van der Waals surface area contributed by atoms with Crippen LogP contribution in [0.5, 0.6) is 0 Å². The second-order valence-corrected chi connectivity index (χ2v) is 6.00. The Morgan fingerprint density at radius 1 is 1.16 bits per heavy atom. The van der Waals surface area contributed by atoms with Crippen LogP contribution >= 0.6 is 31.9 Å². The maximum absolute atomic E-state index is 13.2. The van der Waals surface area contributed by atoms with Crippen LogP contribution < -0.4 is 5.32 Å². The molecule has 1 aromatic heterocycles. The molecule has 100 valence electrons. The average molecular weight is 389 g/mol. The van der Waals surface area contributed by atoms with Crippen LogP contribution in [0.25, 0.3) is 0 Å². The summed E-state index contributed by atoms with van der Waals surface area (Å²) in [6.45, 7) is 4.04. The number of hydrogen-bond acceptors (Lipinski definition) is 3. The van der Waals surface area contributed by atoms with E-state index in [1.807, 2.05) is 13.8 Å². The van der Waals surface area contributed by atoms with E-state index in [0.717, 1.165) is 10.3 Å². The molecule has 0 fully saturated rings. The molecule has 0 amide bonds. The number of nitrogens with one attached hydrogen (secondary N) is 1. The smallest absolute Gasteiger partial charge is 0.135 e. The first-order chi connectivity index (χ1) is 8.95. The Hall–Kier alpha value is -1.01. The fraction of sp³-hybridized carbons (Fsp3) is 0.231. The lowest BCUT2D eigenvalue weighted by atomic mass is 10.2. The number of benzene rings is 1. The Balaban J connectivity index is 2.35. The molecule has 0 atom stereocenters. The predicted molar refractivity (Wildman–Crippen MR) is 81.2 cm³/mol. The van der Waals surface area contributed by atoms with Gasteiger partial charge in [0.15, 0.2) is 0 Å². The Kier molecular flexibility index (Phi) is 4.52. The van der Waals surface area contributed by atoms with Crippen LogP contribution in [0.1, 0.15) is 25.6 Å². The summed E-state index contributed by atoms with van der Waals surface area (Å²) < 4.78 is 14.7. The molecule has 1 N–H and O–H groups in total. The van der Waals surface area contributed by atoms with E-state index < -0.39 is 0 Å². The van der Waals surface area contributed by atoms with Crippen LogP contribution in [0.2, 0.25) is 0 Å². The van der Waals surface area contributed by atoms with Crippen molar-refractivity contribution >= 4 is 43.4 Å². The standard InChI is InChI=1S/C13H12Br2FN3/c1-7(2)13-18-11(15)6-12(19-13)17-10-5-8(16)3-4-9(10)14/h3-7H,1-2H3,(H,17,18,19). The van der Waals surface area contributed by atoms with E-state index in [1.54, 1.807) is 12.1 Å². The van der Waals surface area contributed by atoms with Gasteiger partial charge in [0.25, 0.3) is 0 Å². The molecule has 0 aliphatic heterocycles. The fourth-order valence-corrected chi connectivity index (χ4v) is 2.23. The van der Waals surface area contributed by atoms with E-state index in [1.165, 1.54) is 12.1 Å². The molecule has 0 aliphatic carbocycles. The van der Waals surface area contributed by atoms with Gasteiger partial charge in [-0.2, -0.15) is 0 Å². The number of hydrogen-bond donors (Lipinski definition) is 1. The molecule has 1 aromatic carbocycles. The normalized spacial score (nSPS) is 10.8. The number of halogens is 3. The Bertz CT molecular complexity index is 602. The average Bonchev–Trinajstić information content (AvgIpc) is 2.33. The molecule has 0 saturated carbocycles. The maximum atomic E-state index is 13.2. The van der Waals surface area contributed by atoms with Crippen LogP contribution in [0.15, 0.2) is 33.3 Å². The van der Waals surface area contributed by atoms with Gasteiger partial charge in [0.05, 0.1) is 5.69 Å². The van der Waals surface area contributed by atoms with E-state index >= 15 is 0 Å². The molecule has 0 radical (unpaired) electrons. The maximum Gasteiger partial charge on any atom is 0.135 e. The van der Waals surface area contributed by atoms with Crippen molar-refractivity contribution in [3.63, 3.8) is 0 Å². The van der Waals surface area contributed by atoms with Crippen molar-refractivity contribution < 1.29 is 4.39 Å². The largest absolute Gasteiger partial charge is 0.339 e. The quantitative estimate of drug-likeness (QED) is 0.751. The highest BCUT2D eigenvalue weighted by Crippen LogP contribution is 2.27. The zero-order chi connectivity index (χ0) is 14.0. The summed E-state index contributed by atoms with van der Waals surface area (Å²) in [4.78, 5) is 8.70. The Morgan fingerprint density at radius 2 is 1.89 bits per heavy atom. The van der Waals surface area contributed by atoms with Gasteiger partial charge in [-0.3, -0.25) is 0 Å². The van der Waals surface area contributed by atoms with Gasteiger partial charge in [-0.1, -0.05) is 13.8 Å². The summed E-state index contributed by atoms with van der Waals surface area (Å²) >= 11 is 6.72. The minimum atomic E-state index is -0.303. The summed E-state index contributed by atoms with van der Waals surface area (Å²) in [6.07, 6.45) is 0. The highest BCUT2D eigenvalue weighted by Gasteiger charge is 2.08. The Morgan fingerprint density at radius 3 is 2.58 bits per heavy atom. The molecule has 6 heteroatoms. The van der Waals surface area contributed by atoms with Crippen molar-refractivity contribution in [2.24, 2.45) is 0 Å². The number of rotatable bonds is 3. The summed E-state index contributed by atoms with van der Waals surface area (Å²) in [5.74, 6) is 1.26. The third-order valence-electron chi connectivity index (χ3n) is 2.42. The lowest BCUT2D eigenvalue weighted by Gasteiger charge is -2.11. The van der Waals surface area contributed by atoms with Gasteiger partial charge >= 0.3 is 0 Å². The summed E-state index contributed by atoms with van der Waals surface area (Å²) in [5, 5.41) is 3.08. The van der Waals surface area contributed by atoms with E-state index in [9.17, 15) is 4.39 Å². The molecular weight excluding hydrogens is 377 g/mol. The minimum absolute atomic E-state index is 0.217.